The van der Waals surface area contributed by atoms with Crippen LogP contribution in [-0.4, -0.2) is 45.1 Å². The van der Waals surface area contributed by atoms with Crippen LogP contribution in [0.2, 0.25) is 5.28 Å². The zero-order valence-corrected chi connectivity index (χ0v) is 17.5. The largest absolute Gasteiger partial charge is 0.365 e. The van der Waals surface area contributed by atoms with Crippen molar-refractivity contribution >= 4 is 35.6 Å². The van der Waals surface area contributed by atoms with Gasteiger partial charge in [0.1, 0.15) is 0 Å². The van der Waals surface area contributed by atoms with Gasteiger partial charge in [-0.2, -0.15) is 14.4 Å². The summed E-state index contributed by atoms with van der Waals surface area (Å²) in [7, 11) is 0. The summed E-state index contributed by atoms with van der Waals surface area (Å²) in [6, 6.07) is 0.127. The number of hydrogen-bond donors (Lipinski definition) is 4. The molecule has 2 aliphatic rings. The van der Waals surface area contributed by atoms with E-state index in [2.05, 4.69) is 26.1 Å². The minimum Gasteiger partial charge on any atom is -0.365 e. The third kappa shape index (κ3) is 6.15. The Morgan fingerprint density at radius 2 is 1.83 bits per heavy atom. The van der Waals surface area contributed by atoms with Gasteiger partial charge in [-0.25, -0.2) is 5.06 Å². The van der Waals surface area contributed by atoms with Crippen molar-refractivity contribution in [3.63, 3.8) is 0 Å². The van der Waals surface area contributed by atoms with E-state index in [0.29, 0.717) is 17.4 Å². The number of carbonyl (C=O) groups is 2. The summed E-state index contributed by atoms with van der Waals surface area (Å²) in [4.78, 5) is 31.2. The number of aromatic nitrogens is 2. The third-order valence-electron chi connectivity index (χ3n) is 5.82. The molecule has 9 nitrogen and oxygen atoms in total. The second-order valence-corrected chi connectivity index (χ2v) is 8.39. The van der Waals surface area contributed by atoms with E-state index < -0.39 is 17.6 Å². The molecule has 11 heteroatoms. The molecule has 1 aromatic heterocycles. The Kier molecular flexibility index (Phi) is 8.03. The molecule has 1 aromatic rings. The van der Waals surface area contributed by atoms with Gasteiger partial charge in [0, 0.05) is 6.04 Å². The quantitative estimate of drug-likeness (QED) is 0.190. The van der Waals surface area contributed by atoms with Crippen molar-refractivity contribution in [2.24, 2.45) is 11.8 Å². The van der Waals surface area contributed by atoms with Crippen molar-refractivity contribution in [3.05, 3.63) is 11.1 Å². The predicted molar refractivity (Wildman–Crippen MR) is 109 cm³/mol. The van der Waals surface area contributed by atoms with E-state index in [9.17, 15) is 19.2 Å². The Labute approximate surface area is 179 Å². The number of nitrogens with one attached hydrogen (secondary N) is 3. The van der Waals surface area contributed by atoms with Gasteiger partial charge in [0.05, 0.1) is 12.5 Å². The third-order valence-corrected chi connectivity index (χ3v) is 5.99. The van der Waals surface area contributed by atoms with Crippen molar-refractivity contribution in [1.29, 1.82) is 0 Å². The second kappa shape index (κ2) is 10.7. The Morgan fingerprint density at radius 3 is 2.50 bits per heavy atom. The fourth-order valence-electron chi connectivity index (χ4n) is 4.27. The molecule has 2 saturated carbocycles. The second-order valence-electron chi connectivity index (χ2n) is 8.05. The summed E-state index contributed by atoms with van der Waals surface area (Å²) in [5.74, 6) is -1.76. The topological polar surface area (TPSA) is 119 Å². The first-order chi connectivity index (χ1) is 14.5. The SMILES string of the molecule is O=CN(O)C[C@H](CC1CCCC1)C(=O)NNc1nc(Cl)nc(NC2CCCC2)c1F. The van der Waals surface area contributed by atoms with Crippen LogP contribution in [0, 0.1) is 17.7 Å². The lowest BCUT2D eigenvalue weighted by molar-refractivity contribution is -0.154. The number of halogens is 2. The monoisotopic (exact) mass is 442 g/mol. The molecule has 0 aromatic carbocycles. The number of hydrogen-bond acceptors (Lipinski definition) is 7. The molecular weight excluding hydrogens is 415 g/mol. The highest BCUT2D eigenvalue weighted by atomic mass is 35.5. The highest BCUT2D eigenvalue weighted by molar-refractivity contribution is 6.28. The fraction of sp³-hybridized carbons (Fsp3) is 0.684. The summed E-state index contributed by atoms with van der Waals surface area (Å²) >= 11 is 5.93. The normalized spacial score (nSPS) is 18.2. The number of hydroxylamine groups is 2. The minimum atomic E-state index is -0.740. The maximum Gasteiger partial charge on any atom is 0.243 e. The summed E-state index contributed by atoms with van der Waals surface area (Å²) in [6.07, 6.45) is 9.02. The number of rotatable bonds is 10. The van der Waals surface area contributed by atoms with Gasteiger partial charge < -0.3 is 5.32 Å². The number of amides is 2. The first-order valence-corrected chi connectivity index (χ1v) is 10.8. The first kappa shape index (κ1) is 22.5. The Hall–Kier alpha value is -2.20. The van der Waals surface area contributed by atoms with E-state index in [1.807, 2.05) is 0 Å². The van der Waals surface area contributed by atoms with Gasteiger partial charge in [-0.05, 0) is 36.8 Å². The summed E-state index contributed by atoms with van der Waals surface area (Å²) in [5.41, 5.74) is 4.91. The predicted octanol–water partition coefficient (Wildman–Crippen LogP) is 3.11. The van der Waals surface area contributed by atoms with Crippen LogP contribution < -0.4 is 16.2 Å². The van der Waals surface area contributed by atoms with E-state index in [-0.39, 0.29) is 35.9 Å². The number of nitrogens with zero attached hydrogens (tertiary/aromatic N) is 3. The molecule has 0 aliphatic heterocycles. The molecule has 4 N–H and O–H groups in total. The van der Waals surface area contributed by atoms with E-state index in [4.69, 9.17) is 11.6 Å². The highest BCUT2D eigenvalue weighted by Crippen LogP contribution is 2.31. The fourth-order valence-corrected chi connectivity index (χ4v) is 4.44. The molecule has 2 aliphatic carbocycles. The molecular formula is C19H28ClFN6O3. The standard InChI is InChI=1S/C19H28ClFN6O3/c20-19-23-16(22-14-7-3-4-8-14)15(21)17(24-19)25-26-18(29)13(10-27(30)11-28)9-12-5-1-2-6-12/h11-14,30H,1-10H2,(H,26,29)(H2,22,23,24,25)/t13-/m0/s1. The van der Waals surface area contributed by atoms with Gasteiger partial charge in [-0.1, -0.05) is 38.5 Å². The summed E-state index contributed by atoms with van der Waals surface area (Å²) in [5, 5.41) is 12.9. The summed E-state index contributed by atoms with van der Waals surface area (Å²) in [6.45, 7) is -0.144. The zero-order chi connectivity index (χ0) is 21.5. The van der Waals surface area contributed by atoms with Gasteiger partial charge in [-0.3, -0.25) is 25.6 Å². The molecule has 0 radical (unpaired) electrons. The van der Waals surface area contributed by atoms with Gasteiger partial charge in [0.25, 0.3) is 0 Å². The molecule has 30 heavy (non-hydrogen) atoms. The molecule has 3 rings (SSSR count). The van der Waals surface area contributed by atoms with Crippen molar-refractivity contribution < 1.29 is 19.2 Å². The minimum absolute atomic E-state index is 0.0105. The number of hydrazine groups is 1. The Bertz CT molecular complexity index is 743. The van der Waals surface area contributed by atoms with E-state index in [1.165, 1.54) is 0 Å². The molecule has 2 amide bonds. The van der Waals surface area contributed by atoms with Gasteiger partial charge in [0.15, 0.2) is 11.6 Å². The lowest BCUT2D eigenvalue weighted by atomic mass is 9.92. The van der Waals surface area contributed by atoms with Crippen LogP contribution in [0.15, 0.2) is 0 Å². The van der Waals surface area contributed by atoms with Crippen LogP contribution in [-0.2, 0) is 9.59 Å². The van der Waals surface area contributed by atoms with Crippen LogP contribution in [0.1, 0.15) is 57.8 Å². The van der Waals surface area contributed by atoms with E-state index >= 15 is 0 Å². The average Bonchev–Trinajstić information content (AvgIpc) is 3.42. The molecule has 0 unspecified atom stereocenters. The van der Waals surface area contributed by atoms with E-state index in [1.54, 1.807) is 0 Å². The maximum absolute atomic E-state index is 14.8. The Morgan fingerprint density at radius 1 is 1.20 bits per heavy atom. The lowest BCUT2D eigenvalue weighted by Crippen LogP contribution is -2.41. The number of anilines is 2. The van der Waals surface area contributed by atoms with Crippen LogP contribution in [0.5, 0.6) is 0 Å². The van der Waals surface area contributed by atoms with Crippen LogP contribution in [0.4, 0.5) is 16.0 Å². The zero-order valence-electron chi connectivity index (χ0n) is 16.7. The molecule has 0 bridgehead atoms. The van der Waals surface area contributed by atoms with Gasteiger partial charge >= 0.3 is 0 Å². The van der Waals surface area contributed by atoms with Gasteiger partial charge in [0.2, 0.25) is 23.4 Å². The van der Waals surface area contributed by atoms with Crippen molar-refractivity contribution in [2.75, 3.05) is 17.3 Å². The van der Waals surface area contributed by atoms with Crippen molar-refractivity contribution in [3.8, 4) is 0 Å². The van der Waals surface area contributed by atoms with Crippen molar-refractivity contribution in [1.82, 2.24) is 20.5 Å². The van der Waals surface area contributed by atoms with Gasteiger partial charge in [-0.15, -0.1) is 0 Å². The number of carbonyl (C=O) groups excluding carboxylic acids is 2. The highest BCUT2D eigenvalue weighted by Gasteiger charge is 2.27. The molecule has 0 saturated heterocycles. The van der Waals surface area contributed by atoms with Crippen LogP contribution in [0.25, 0.3) is 0 Å². The summed E-state index contributed by atoms with van der Waals surface area (Å²) < 4.78 is 14.8. The van der Waals surface area contributed by atoms with Crippen molar-refractivity contribution in [2.45, 2.75) is 63.8 Å². The Balaban J connectivity index is 1.64. The first-order valence-electron chi connectivity index (χ1n) is 10.4. The molecule has 2 fully saturated rings. The molecule has 0 spiro atoms. The van der Waals surface area contributed by atoms with Crippen LogP contribution >= 0.6 is 11.6 Å². The van der Waals surface area contributed by atoms with E-state index in [0.717, 1.165) is 51.4 Å². The lowest BCUT2D eigenvalue weighted by Gasteiger charge is -2.22. The molecule has 1 atom stereocenters. The maximum atomic E-state index is 14.8. The molecule has 1 heterocycles. The molecule has 166 valence electrons. The van der Waals surface area contributed by atoms with Crippen LogP contribution in [0.3, 0.4) is 0 Å². The smallest absolute Gasteiger partial charge is 0.243 e. The average molecular weight is 443 g/mol.